The Morgan fingerprint density at radius 1 is 1.17 bits per heavy atom. The summed E-state index contributed by atoms with van der Waals surface area (Å²) in [5, 5.41) is 14.6. The van der Waals surface area contributed by atoms with Crippen molar-refractivity contribution < 1.29 is 5.11 Å². The second kappa shape index (κ2) is 6.76. The van der Waals surface area contributed by atoms with E-state index in [1.165, 1.54) is 12.8 Å². The number of benzene rings is 1. The summed E-state index contributed by atoms with van der Waals surface area (Å²) in [4.78, 5) is 0. The van der Waals surface area contributed by atoms with Crippen LogP contribution in [0.1, 0.15) is 37.7 Å². The van der Waals surface area contributed by atoms with E-state index in [0.29, 0.717) is 16.6 Å². The van der Waals surface area contributed by atoms with Crippen molar-refractivity contribution in [3.8, 4) is 0 Å². The van der Waals surface area contributed by atoms with Gasteiger partial charge in [0.15, 0.2) is 0 Å². The molecule has 18 heavy (non-hydrogen) atoms. The average molecular weight is 288 g/mol. The van der Waals surface area contributed by atoms with Gasteiger partial charge in [-0.25, -0.2) is 0 Å². The van der Waals surface area contributed by atoms with Crippen LogP contribution in [0.2, 0.25) is 10.0 Å². The van der Waals surface area contributed by atoms with Gasteiger partial charge in [0, 0.05) is 12.6 Å². The molecule has 2 nitrogen and oxygen atoms in total. The van der Waals surface area contributed by atoms with Gasteiger partial charge in [-0.05, 0) is 24.5 Å². The molecule has 2 N–H and O–H groups in total. The van der Waals surface area contributed by atoms with Gasteiger partial charge in [0.2, 0.25) is 0 Å². The molecular weight excluding hydrogens is 269 g/mol. The Labute approximate surface area is 118 Å². The quantitative estimate of drug-likeness (QED) is 0.830. The van der Waals surface area contributed by atoms with Crippen LogP contribution in [0.4, 0.5) is 0 Å². The van der Waals surface area contributed by atoms with E-state index in [1.807, 2.05) is 12.1 Å². The van der Waals surface area contributed by atoms with Crippen LogP contribution in [0.25, 0.3) is 0 Å². The maximum atomic E-state index is 10.0. The van der Waals surface area contributed by atoms with Gasteiger partial charge in [0.1, 0.15) is 0 Å². The SMILES string of the molecule is OC1CCCCCC1NCc1cccc(Cl)c1Cl. The van der Waals surface area contributed by atoms with E-state index >= 15 is 0 Å². The van der Waals surface area contributed by atoms with E-state index in [1.54, 1.807) is 6.07 Å². The van der Waals surface area contributed by atoms with Crippen molar-refractivity contribution in [3.63, 3.8) is 0 Å². The lowest BCUT2D eigenvalue weighted by Crippen LogP contribution is -2.38. The molecule has 4 heteroatoms. The summed E-state index contributed by atoms with van der Waals surface area (Å²) in [5.74, 6) is 0. The van der Waals surface area contributed by atoms with E-state index in [4.69, 9.17) is 23.2 Å². The molecular formula is C14H19Cl2NO. The van der Waals surface area contributed by atoms with Gasteiger partial charge in [0.05, 0.1) is 16.1 Å². The molecule has 0 radical (unpaired) electrons. The second-order valence-electron chi connectivity index (χ2n) is 4.91. The van der Waals surface area contributed by atoms with E-state index in [0.717, 1.165) is 24.8 Å². The molecule has 0 aromatic heterocycles. The Hall–Kier alpha value is -0.280. The minimum atomic E-state index is -0.245. The molecule has 2 rings (SSSR count). The fraction of sp³-hybridized carbons (Fsp3) is 0.571. The molecule has 1 fully saturated rings. The highest BCUT2D eigenvalue weighted by molar-refractivity contribution is 6.42. The number of halogens is 2. The standard InChI is InChI=1S/C14H19Cl2NO/c15-11-6-4-5-10(14(11)16)9-17-12-7-2-1-3-8-13(12)18/h4-6,12-13,17-18H,1-3,7-9H2. The summed E-state index contributed by atoms with van der Waals surface area (Å²) in [6, 6.07) is 5.81. The first-order chi connectivity index (χ1) is 8.68. The predicted octanol–water partition coefficient (Wildman–Crippen LogP) is 3.78. The predicted molar refractivity (Wildman–Crippen MR) is 76.2 cm³/mol. The zero-order chi connectivity index (χ0) is 13.0. The molecule has 1 aliphatic carbocycles. The smallest absolute Gasteiger partial charge is 0.0693 e. The lowest BCUT2D eigenvalue weighted by molar-refractivity contribution is 0.119. The second-order valence-corrected chi connectivity index (χ2v) is 5.69. The Kier molecular flexibility index (Phi) is 5.31. The first kappa shape index (κ1) is 14.1. The molecule has 1 aromatic carbocycles. The van der Waals surface area contributed by atoms with Crippen LogP contribution >= 0.6 is 23.2 Å². The van der Waals surface area contributed by atoms with Crippen molar-refractivity contribution in [3.05, 3.63) is 33.8 Å². The van der Waals surface area contributed by atoms with Crippen molar-refractivity contribution in [2.45, 2.75) is 50.8 Å². The van der Waals surface area contributed by atoms with Crippen molar-refractivity contribution >= 4 is 23.2 Å². The molecule has 0 saturated heterocycles. The fourth-order valence-corrected chi connectivity index (χ4v) is 2.84. The van der Waals surface area contributed by atoms with Crippen molar-refractivity contribution in [2.75, 3.05) is 0 Å². The molecule has 0 bridgehead atoms. The molecule has 2 atom stereocenters. The summed E-state index contributed by atoms with van der Waals surface area (Å²) in [5.41, 5.74) is 0.987. The average Bonchev–Trinajstić information content (AvgIpc) is 2.56. The number of aliphatic hydroxyl groups is 1. The number of nitrogens with one attached hydrogen (secondary N) is 1. The molecule has 1 aromatic rings. The van der Waals surface area contributed by atoms with Gasteiger partial charge in [-0.1, -0.05) is 54.6 Å². The highest BCUT2D eigenvalue weighted by Crippen LogP contribution is 2.26. The summed E-state index contributed by atoms with van der Waals surface area (Å²) in [7, 11) is 0. The van der Waals surface area contributed by atoms with E-state index in [-0.39, 0.29) is 12.1 Å². The van der Waals surface area contributed by atoms with Crippen LogP contribution < -0.4 is 5.32 Å². The van der Waals surface area contributed by atoms with E-state index in [2.05, 4.69) is 5.32 Å². The molecule has 0 spiro atoms. The Morgan fingerprint density at radius 2 is 1.94 bits per heavy atom. The van der Waals surface area contributed by atoms with Crippen LogP contribution in [0.3, 0.4) is 0 Å². The van der Waals surface area contributed by atoms with Crippen LogP contribution in [0.5, 0.6) is 0 Å². The van der Waals surface area contributed by atoms with Gasteiger partial charge < -0.3 is 10.4 Å². The largest absolute Gasteiger partial charge is 0.392 e. The zero-order valence-electron chi connectivity index (χ0n) is 10.3. The van der Waals surface area contributed by atoms with Gasteiger partial charge in [0.25, 0.3) is 0 Å². The highest BCUT2D eigenvalue weighted by Gasteiger charge is 2.21. The minimum Gasteiger partial charge on any atom is -0.392 e. The van der Waals surface area contributed by atoms with Crippen molar-refractivity contribution in [2.24, 2.45) is 0 Å². The third-order valence-electron chi connectivity index (χ3n) is 3.57. The molecule has 1 saturated carbocycles. The van der Waals surface area contributed by atoms with Gasteiger partial charge in [-0.15, -0.1) is 0 Å². The number of aliphatic hydroxyl groups excluding tert-OH is 1. The number of rotatable bonds is 3. The Bertz CT molecular complexity index is 397. The Morgan fingerprint density at radius 3 is 2.78 bits per heavy atom. The van der Waals surface area contributed by atoms with Gasteiger partial charge in [-0.2, -0.15) is 0 Å². The maximum Gasteiger partial charge on any atom is 0.0693 e. The lowest BCUT2D eigenvalue weighted by Gasteiger charge is -2.22. The topological polar surface area (TPSA) is 32.3 Å². The Balaban J connectivity index is 1.95. The fourth-order valence-electron chi connectivity index (χ4n) is 2.45. The summed E-state index contributed by atoms with van der Waals surface area (Å²) in [6.45, 7) is 0.654. The van der Waals surface area contributed by atoms with Crippen LogP contribution in [-0.4, -0.2) is 17.3 Å². The minimum absolute atomic E-state index is 0.169. The van der Waals surface area contributed by atoms with Crippen LogP contribution in [0.15, 0.2) is 18.2 Å². The van der Waals surface area contributed by atoms with Crippen LogP contribution in [-0.2, 0) is 6.54 Å². The third-order valence-corrected chi connectivity index (χ3v) is 4.42. The number of hydrogen-bond donors (Lipinski definition) is 2. The lowest BCUT2D eigenvalue weighted by atomic mass is 10.1. The number of hydrogen-bond acceptors (Lipinski definition) is 2. The van der Waals surface area contributed by atoms with E-state index in [9.17, 15) is 5.11 Å². The zero-order valence-corrected chi connectivity index (χ0v) is 11.8. The molecule has 2 unspecified atom stereocenters. The van der Waals surface area contributed by atoms with Crippen molar-refractivity contribution in [1.82, 2.24) is 5.32 Å². The van der Waals surface area contributed by atoms with Gasteiger partial charge >= 0.3 is 0 Å². The molecule has 0 heterocycles. The molecule has 1 aliphatic rings. The summed E-state index contributed by atoms with van der Waals surface area (Å²) in [6.07, 6.45) is 5.19. The third kappa shape index (κ3) is 3.61. The first-order valence-electron chi connectivity index (χ1n) is 6.53. The van der Waals surface area contributed by atoms with Crippen LogP contribution in [0, 0.1) is 0 Å². The van der Waals surface area contributed by atoms with E-state index < -0.39 is 0 Å². The maximum absolute atomic E-state index is 10.0. The molecule has 0 amide bonds. The highest BCUT2D eigenvalue weighted by atomic mass is 35.5. The first-order valence-corrected chi connectivity index (χ1v) is 7.28. The summed E-state index contributed by atoms with van der Waals surface area (Å²) >= 11 is 12.1. The molecule has 100 valence electrons. The van der Waals surface area contributed by atoms with Gasteiger partial charge in [-0.3, -0.25) is 0 Å². The molecule has 0 aliphatic heterocycles. The monoisotopic (exact) mass is 287 g/mol. The van der Waals surface area contributed by atoms with Crippen molar-refractivity contribution in [1.29, 1.82) is 0 Å². The summed E-state index contributed by atoms with van der Waals surface area (Å²) < 4.78 is 0. The normalized spacial score (nSPS) is 24.8.